The first-order valence-corrected chi connectivity index (χ1v) is 5.93. The fourth-order valence-electron chi connectivity index (χ4n) is 2.24. The van der Waals surface area contributed by atoms with Crippen LogP contribution >= 0.6 is 0 Å². The van der Waals surface area contributed by atoms with Crippen LogP contribution in [0.15, 0.2) is 29.0 Å². The number of pyridine rings is 1. The van der Waals surface area contributed by atoms with E-state index in [4.69, 9.17) is 10.3 Å². The van der Waals surface area contributed by atoms with Crippen molar-refractivity contribution in [1.29, 1.82) is 0 Å². The second kappa shape index (κ2) is 3.87. The van der Waals surface area contributed by atoms with E-state index in [0.29, 0.717) is 11.7 Å². The Morgan fingerprint density at radius 2 is 2.29 bits per heavy atom. The number of nitrogens with zero attached hydrogens (tertiary/aromatic N) is 2. The molecule has 0 spiro atoms. The van der Waals surface area contributed by atoms with Gasteiger partial charge in [0.05, 0.1) is 5.56 Å². The molecule has 0 amide bonds. The predicted octanol–water partition coefficient (Wildman–Crippen LogP) is 2.83. The van der Waals surface area contributed by atoms with E-state index < -0.39 is 0 Å². The Hall–Kier alpha value is -1.84. The van der Waals surface area contributed by atoms with E-state index in [1.54, 1.807) is 12.4 Å². The maximum absolute atomic E-state index is 5.90. The van der Waals surface area contributed by atoms with Crippen molar-refractivity contribution in [3.63, 3.8) is 0 Å². The topological polar surface area (TPSA) is 64.9 Å². The minimum Gasteiger partial charge on any atom is -0.380 e. The first-order valence-electron chi connectivity index (χ1n) is 5.93. The molecule has 0 saturated heterocycles. The maximum atomic E-state index is 5.90. The van der Waals surface area contributed by atoms with Crippen molar-refractivity contribution in [2.45, 2.75) is 25.7 Å². The van der Waals surface area contributed by atoms with Crippen molar-refractivity contribution in [1.82, 2.24) is 10.1 Å². The van der Waals surface area contributed by atoms with Gasteiger partial charge in [-0.25, -0.2) is 0 Å². The van der Waals surface area contributed by atoms with Gasteiger partial charge in [0.1, 0.15) is 5.76 Å². The summed E-state index contributed by atoms with van der Waals surface area (Å²) in [5.74, 6) is 2.46. The summed E-state index contributed by atoms with van der Waals surface area (Å²) in [6.07, 6.45) is 6.09. The molecular weight excluding hydrogens is 214 g/mol. The second-order valence-corrected chi connectivity index (χ2v) is 4.67. The van der Waals surface area contributed by atoms with Crippen LogP contribution in [-0.4, -0.2) is 10.1 Å². The van der Waals surface area contributed by atoms with Gasteiger partial charge in [0.2, 0.25) is 0 Å². The lowest BCUT2D eigenvalue weighted by atomic mass is 9.96. The summed E-state index contributed by atoms with van der Waals surface area (Å²) in [6, 6.07) is 3.88. The van der Waals surface area contributed by atoms with Gasteiger partial charge in [0, 0.05) is 23.9 Å². The Morgan fingerprint density at radius 1 is 1.47 bits per heavy atom. The highest BCUT2D eigenvalue weighted by molar-refractivity contribution is 5.75. The van der Waals surface area contributed by atoms with Crippen molar-refractivity contribution in [2.24, 2.45) is 5.92 Å². The third-order valence-corrected chi connectivity index (χ3v) is 3.44. The second-order valence-electron chi connectivity index (χ2n) is 4.67. The van der Waals surface area contributed by atoms with Gasteiger partial charge in [0.25, 0.3) is 0 Å². The van der Waals surface area contributed by atoms with Crippen LogP contribution in [0, 0.1) is 5.92 Å². The largest absolute Gasteiger partial charge is 0.380 e. The fourth-order valence-corrected chi connectivity index (χ4v) is 2.24. The molecule has 0 radical (unpaired) electrons. The zero-order chi connectivity index (χ0) is 11.8. The van der Waals surface area contributed by atoms with Gasteiger partial charge in [-0.2, -0.15) is 0 Å². The lowest BCUT2D eigenvalue weighted by Crippen LogP contribution is -1.97. The summed E-state index contributed by atoms with van der Waals surface area (Å²) >= 11 is 0. The molecule has 4 heteroatoms. The lowest BCUT2D eigenvalue weighted by Gasteiger charge is -2.08. The molecule has 2 aromatic rings. The lowest BCUT2D eigenvalue weighted by molar-refractivity contribution is 0.358. The number of hydrogen-bond donors (Lipinski definition) is 1. The van der Waals surface area contributed by atoms with E-state index in [-0.39, 0.29) is 0 Å². The number of nitrogen functional groups attached to an aromatic ring is 1. The first kappa shape index (κ1) is 10.3. The number of aromatic nitrogens is 2. The molecular formula is C13H15N3O. The Bertz CT molecular complexity index is 517. The van der Waals surface area contributed by atoms with Gasteiger partial charge >= 0.3 is 0 Å². The molecule has 2 aromatic heterocycles. The third kappa shape index (κ3) is 1.79. The van der Waals surface area contributed by atoms with E-state index in [9.17, 15) is 0 Å². The Balaban J connectivity index is 2.06. The molecule has 2 N–H and O–H groups in total. The van der Waals surface area contributed by atoms with Crippen LogP contribution in [0.5, 0.6) is 0 Å². The minimum atomic E-state index is 0.384. The molecule has 4 nitrogen and oxygen atoms in total. The maximum Gasteiger partial charge on any atom is 0.175 e. The van der Waals surface area contributed by atoms with Crippen LogP contribution in [0.3, 0.4) is 0 Å². The SMILES string of the molecule is CC(c1onc(N)c1-c1cccnc1)C1CC1. The molecule has 0 bridgehead atoms. The van der Waals surface area contributed by atoms with Crippen LogP contribution in [-0.2, 0) is 0 Å². The van der Waals surface area contributed by atoms with Crippen molar-refractivity contribution in [3.05, 3.63) is 30.3 Å². The number of hydrogen-bond acceptors (Lipinski definition) is 4. The standard InChI is InChI=1S/C13H15N3O/c1-8(9-4-5-9)12-11(13(14)16-17-12)10-3-2-6-15-7-10/h2-3,6-9H,4-5H2,1H3,(H2,14,16). The number of anilines is 1. The van der Waals surface area contributed by atoms with Gasteiger partial charge < -0.3 is 10.3 Å². The average molecular weight is 229 g/mol. The highest BCUT2D eigenvalue weighted by Gasteiger charge is 2.34. The van der Waals surface area contributed by atoms with E-state index in [0.717, 1.165) is 22.8 Å². The van der Waals surface area contributed by atoms with Gasteiger partial charge in [-0.05, 0) is 24.8 Å². The van der Waals surface area contributed by atoms with Crippen molar-refractivity contribution in [3.8, 4) is 11.1 Å². The minimum absolute atomic E-state index is 0.384. The summed E-state index contributed by atoms with van der Waals surface area (Å²) < 4.78 is 5.41. The Labute approximate surface area is 99.8 Å². The summed E-state index contributed by atoms with van der Waals surface area (Å²) in [4.78, 5) is 4.12. The monoisotopic (exact) mass is 229 g/mol. The third-order valence-electron chi connectivity index (χ3n) is 3.44. The van der Waals surface area contributed by atoms with Crippen LogP contribution in [0.4, 0.5) is 5.82 Å². The van der Waals surface area contributed by atoms with Gasteiger partial charge in [0.15, 0.2) is 5.82 Å². The van der Waals surface area contributed by atoms with Crippen LogP contribution in [0.1, 0.15) is 31.4 Å². The molecule has 2 heterocycles. The molecule has 0 aliphatic heterocycles. The molecule has 1 atom stereocenters. The van der Waals surface area contributed by atoms with Crippen LogP contribution in [0.25, 0.3) is 11.1 Å². The highest BCUT2D eigenvalue weighted by Crippen LogP contribution is 2.46. The van der Waals surface area contributed by atoms with Crippen LogP contribution in [0.2, 0.25) is 0 Å². The fraction of sp³-hybridized carbons (Fsp3) is 0.385. The molecule has 1 unspecified atom stereocenters. The smallest absolute Gasteiger partial charge is 0.175 e. The Kier molecular flexibility index (Phi) is 2.35. The Morgan fingerprint density at radius 3 is 2.94 bits per heavy atom. The first-order chi connectivity index (χ1) is 8.27. The average Bonchev–Trinajstić information content (AvgIpc) is 3.13. The zero-order valence-electron chi connectivity index (χ0n) is 9.76. The van der Waals surface area contributed by atoms with Gasteiger partial charge in [-0.3, -0.25) is 4.98 Å². The van der Waals surface area contributed by atoms with Crippen LogP contribution < -0.4 is 5.73 Å². The summed E-state index contributed by atoms with van der Waals surface area (Å²) in [5.41, 5.74) is 7.79. The number of rotatable bonds is 3. The number of nitrogens with two attached hydrogens (primary N) is 1. The van der Waals surface area contributed by atoms with E-state index in [2.05, 4.69) is 17.1 Å². The normalized spacial score (nSPS) is 17.0. The predicted molar refractivity (Wildman–Crippen MR) is 65.3 cm³/mol. The van der Waals surface area contributed by atoms with E-state index >= 15 is 0 Å². The van der Waals surface area contributed by atoms with Gasteiger partial charge in [-0.15, -0.1) is 0 Å². The highest BCUT2D eigenvalue weighted by atomic mass is 16.5. The molecule has 3 rings (SSSR count). The molecule has 1 saturated carbocycles. The summed E-state index contributed by atoms with van der Waals surface area (Å²) in [5, 5.41) is 3.90. The van der Waals surface area contributed by atoms with Crippen molar-refractivity contribution < 1.29 is 4.52 Å². The van der Waals surface area contributed by atoms with Crippen molar-refractivity contribution >= 4 is 5.82 Å². The molecule has 0 aromatic carbocycles. The summed E-state index contributed by atoms with van der Waals surface area (Å²) in [6.45, 7) is 2.18. The quantitative estimate of drug-likeness (QED) is 0.878. The molecule has 88 valence electrons. The zero-order valence-corrected chi connectivity index (χ0v) is 9.76. The molecule has 1 fully saturated rings. The molecule has 1 aliphatic rings. The van der Waals surface area contributed by atoms with Crippen molar-refractivity contribution in [2.75, 3.05) is 5.73 Å². The molecule has 17 heavy (non-hydrogen) atoms. The van der Waals surface area contributed by atoms with Gasteiger partial charge in [-0.1, -0.05) is 18.1 Å². The molecule has 1 aliphatic carbocycles. The summed E-state index contributed by atoms with van der Waals surface area (Å²) in [7, 11) is 0. The van der Waals surface area contributed by atoms with E-state index in [1.165, 1.54) is 12.8 Å². The van der Waals surface area contributed by atoms with E-state index in [1.807, 2.05) is 12.1 Å².